The Morgan fingerprint density at radius 1 is 1.27 bits per heavy atom. The molecule has 7 heteroatoms. The molecule has 0 spiro atoms. The summed E-state index contributed by atoms with van der Waals surface area (Å²) in [7, 11) is -3.51. The smallest absolute Gasteiger partial charge is 0.240 e. The molecule has 1 aromatic carbocycles. The average Bonchev–Trinajstić information content (AvgIpc) is 3.27. The minimum atomic E-state index is -3.51. The SMILES string of the molecule is CC(=O)Nc1ccc(S(=O)(=O)NCCCOCC2CC2)cc1. The average molecular weight is 326 g/mol. The van der Waals surface area contributed by atoms with Crippen molar-refractivity contribution >= 4 is 21.6 Å². The van der Waals surface area contributed by atoms with Crippen LogP contribution in [-0.2, 0) is 19.6 Å². The van der Waals surface area contributed by atoms with Crippen molar-refractivity contribution in [1.29, 1.82) is 0 Å². The third kappa shape index (κ3) is 5.75. The van der Waals surface area contributed by atoms with Crippen molar-refractivity contribution in [2.45, 2.75) is 31.1 Å². The van der Waals surface area contributed by atoms with Crippen molar-refractivity contribution in [3.8, 4) is 0 Å². The highest BCUT2D eigenvalue weighted by Gasteiger charge is 2.20. The Labute approximate surface area is 131 Å². The maximum Gasteiger partial charge on any atom is 0.240 e. The van der Waals surface area contributed by atoms with Crippen LogP contribution in [0.2, 0.25) is 0 Å². The van der Waals surface area contributed by atoms with E-state index in [1.807, 2.05) is 0 Å². The molecule has 0 aliphatic heterocycles. The lowest BCUT2D eigenvalue weighted by atomic mass is 10.3. The molecule has 6 nitrogen and oxygen atoms in total. The van der Waals surface area contributed by atoms with E-state index in [0.29, 0.717) is 25.3 Å². The molecule has 1 saturated carbocycles. The number of benzene rings is 1. The molecule has 0 unspecified atom stereocenters. The van der Waals surface area contributed by atoms with Gasteiger partial charge in [0.15, 0.2) is 0 Å². The van der Waals surface area contributed by atoms with Crippen LogP contribution in [0.1, 0.15) is 26.2 Å². The predicted octanol–water partition coefficient (Wildman–Crippen LogP) is 1.74. The molecule has 1 aliphatic rings. The van der Waals surface area contributed by atoms with Crippen molar-refractivity contribution in [3.63, 3.8) is 0 Å². The van der Waals surface area contributed by atoms with Gasteiger partial charge in [0.2, 0.25) is 15.9 Å². The van der Waals surface area contributed by atoms with E-state index in [4.69, 9.17) is 4.74 Å². The molecule has 1 aliphatic carbocycles. The largest absolute Gasteiger partial charge is 0.381 e. The first-order chi connectivity index (χ1) is 10.5. The van der Waals surface area contributed by atoms with Gasteiger partial charge in [-0.25, -0.2) is 13.1 Å². The van der Waals surface area contributed by atoms with E-state index < -0.39 is 10.0 Å². The molecule has 0 atom stereocenters. The van der Waals surface area contributed by atoms with Crippen molar-refractivity contribution in [3.05, 3.63) is 24.3 Å². The van der Waals surface area contributed by atoms with Crippen LogP contribution < -0.4 is 10.0 Å². The van der Waals surface area contributed by atoms with Gasteiger partial charge in [0.1, 0.15) is 0 Å². The molecule has 0 heterocycles. The topological polar surface area (TPSA) is 84.5 Å². The highest BCUT2D eigenvalue weighted by molar-refractivity contribution is 7.89. The Hall–Kier alpha value is -1.44. The van der Waals surface area contributed by atoms with Crippen LogP contribution in [0.5, 0.6) is 0 Å². The normalized spacial score (nSPS) is 14.8. The van der Waals surface area contributed by atoms with E-state index in [-0.39, 0.29) is 10.8 Å². The number of nitrogens with one attached hydrogen (secondary N) is 2. The summed E-state index contributed by atoms with van der Waals surface area (Å²) in [5, 5.41) is 2.59. The lowest BCUT2D eigenvalue weighted by Crippen LogP contribution is -2.25. The fourth-order valence-corrected chi connectivity index (χ4v) is 2.99. The lowest BCUT2D eigenvalue weighted by Gasteiger charge is -2.08. The van der Waals surface area contributed by atoms with Gasteiger partial charge in [-0.1, -0.05) is 0 Å². The first-order valence-corrected chi connectivity index (χ1v) is 8.91. The van der Waals surface area contributed by atoms with E-state index in [2.05, 4.69) is 10.0 Å². The van der Waals surface area contributed by atoms with E-state index >= 15 is 0 Å². The Morgan fingerprint density at radius 3 is 2.55 bits per heavy atom. The van der Waals surface area contributed by atoms with Gasteiger partial charge in [0.25, 0.3) is 0 Å². The van der Waals surface area contributed by atoms with Gasteiger partial charge >= 0.3 is 0 Å². The Bertz CT molecular complexity index is 594. The zero-order chi connectivity index (χ0) is 16.0. The minimum absolute atomic E-state index is 0.181. The molecule has 1 amide bonds. The molecule has 0 radical (unpaired) electrons. The highest BCUT2D eigenvalue weighted by Crippen LogP contribution is 2.28. The number of rotatable bonds is 9. The summed E-state index contributed by atoms with van der Waals surface area (Å²) in [4.78, 5) is 11.1. The van der Waals surface area contributed by atoms with E-state index in [1.54, 1.807) is 12.1 Å². The summed E-state index contributed by atoms with van der Waals surface area (Å²) in [6, 6.07) is 6.07. The van der Waals surface area contributed by atoms with E-state index in [1.165, 1.54) is 31.9 Å². The summed E-state index contributed by atoms with van der Waals surface area (Å²) in [6.07, 6.45) is 3.15. The molecule has 0 saturated heterocycles. The molecule has 2 N–H and O–H groups in total. The molecular formula is C15H22N2O4S. The third-order valence-corrected chi connectivity index (χ3v) is 4.77. The standard InChI is InChI=1S/C15H22N2O4S/c1-12(18)17-14-5-7-15(8-6-14)22(19,20)16-9-2-10-21-11-13-3-4-13/h5-8,13,16H,2-4,9-11H2,1H3,(H,17,18). The van der Waals surface area contributed by atoms with Crippen LogP contribution in [0.3, 0.4) is 0 Å². The highest BCUT2D eigenvalue weighted by atomic mass is 32.2. The van der Waals surface area contributed by atoms with Crippen LogP contribution >= 0.6 is 0 Å². The first kappa shape index (κ1) is 16.9. The molecule has 122 valence electrons. The number of amides is 1. The fraction of sp³-hybridized carbons (Fsp3) is 0.533. The molecule has 22 heavy (non-hydrogen) atoms. The van der Waals surface area contributed by atoms with Crippen molar-refractivity contribution in [2.24, 2.45) is 5.92 Å². The number of hydrogen-bond acceptors (Lipinski definition) is 4. The Morgan fingerprint density at radius 2 is 1.95 bits per heavy atom. The number of anilines is 1. The summed E-state index contributed by atoms with van der Waals surface area (Å²) in [6.45, 7) is 3.11. The predicted molar refractivity (Wildman–Crippen MR) is 84.1 cm³/mol. The van der Waals surface area contributed by atoms with Gasteiger partial charge in [-0.05, 0) is 49.4 Å². The number of ether oxygens (including phenoxy) is 1. The maximum atomic E-state index is 12.1. The van der Waals surface area contributed by atoms with Crippen molar-refractivity contribution < 1.29 is 17.9 Å². The third-order valence-electron chi connectivity index (χ3n) is 3.29. The second-order valence-corrected chi connectivity index (χ2v) is 7.24. The molecule has 1 fully saturated rings. The number of carbonyl (C=O) groups is 1. The number of hydrogen-bond donors (Lipinski definition) is 2. The number of sulfonamides is 1. The van der Waals surface area contributed by atoms with Crippen LogP contribution in [0.25, 0.3) is 0 Å². The van der Waals surface area contributed by atoms with Gasteiger partial charge < -0.3 is 10.1 Å². The summed E-state index contributed by atoms with van der Waals surface area (Å²) >= 11 is 0. The second-order valence-electron chi connectivity index (χ2n) is 5.48. The fourth-order valence-electron chi connectivity index (χ4n) is 1.92. The monoisotopic (exact) mass is 326 g/mol. The summed E-state index contributed by atoms with van der Waals surface area (Å²) < 4.78 is 32.2. The minimum Gasteiger partial charge on any atom is -0.381 e. The second kappa shape index (κ2) is 7.71. The lowest BCUT2D eigenvalue weighted by molar-refractivity contribution is -0.114. The maximum absolute atomic E-state index is 12.1. The molecule has 0 bridgehead atoms. The van der Waals surface area contributed by atoms with Gasteiger partial charge in [0, 0.05) is 32.4 Å². The van der Waals surface area contributed by atoms with Crippen molar-refractivity contribution in [1.82, 2.24) is 4.72 Å². The van der Waals surface area contributed by atoms with Crippen LogP contribution in [0, 0.1) is 5.92 Å². The van der Waals surface area contributed by atoms with Crippen LogP contribution in [0.4, 0.5) is 5.69 Å². The van der Waals surface area contributed by atoms with Crippen LogP contribution in [0.15, 0.2) is 29.2 Å². The number of carbonyl (C=O) groups excluding carboxylic acids is 1. The molecule has 0 aromatic heterocycles. The van der Waals surface area contributed by atoms with Gasteiger partial charge in [0.05, 0.1) is 4.90 Å². The zero-order valence-electron chi connectivity index (χ0n) is 12.7. The zero-order valence-corrected chi connectivity index (χ0v) is 13.5. The molecular weight excluding hydrogens is 304 g/mol. The van der Waals surface area contributed by atoms with Gasteiger partial charge in [-0.15, -0.1) is 0 Å². The molecule has 2 rings (SSSR count). The quantitative estimate of drug-likeness (QED) is 0.677. The van der Waals surface area contributed by atoms with Crippen LogP contribution in [-0.4, -0.2) is 34.1 Å². The van der Waals surface area contributed by atoms with E-state index in [9.17, 15) is 13.2 Å². The first-order valence-electron chi connectivity index (χ1n) is 7.42. The summed E-state index contributed by atoms with van der Waals surface area (Å²) in [5.74, 6) is 0.527. The summed E-state index contributed by atoms with van der Waals surface area (Å²) in [5.41, 5.74) is 0.569. The van der Waals surface area contributed by atoms with Gasteiger partial charge in [-0.3, -0.25) is 4.79 Å². The molecule has 1 aromatic rings. The van der Waals surface area contributed by atoms with E-state index in [0.717, 1.165) is 12.5 Å². The Kier molecular flexibility index (Phi) is 5.93. The Balaban J connectivity index is 1.74. The van der Waals surface area contributed by atoms with Gasteiger partial charge in [-0.2, -0.15) is 0 Å². The van der Waals surface area contributed by atoms with Crippen molar-refractivity contribution in [2.75, 3.05) is 25.1 Å².